The van der Waals surface area contributed by atoms with E-state index in [1.165, 1.54) is 12.8 Å². The maximum Gasteiger partial charge on any atom is 0.223 e. The summed E-state index contributed by atoms with van der Waals surface area (Å²) < 4.78 is 7.07. The molecule has 3 aromatic heterocycles. The number of ether oxygens (including phenoxy) is 1. The number of fused-ring (bicyclic) bond motifs is 1. The van der Waals surface area contributed by atoms with Crippen molar-refractivity contribution in [2.45, 2.75) is 31.7 Å². The third-order valence-electron chi connectivity index (χ3n) is 5.65. The lowest BCUT2D eigenvalue weighted by Gasteiger charge is -2.12. The van der Waals surface area contributed by atoms with Gasteiger partial charge in [0.05, 0.1) is 23.9 Å². The van der Waals surface area contributed by atoms with Crippen molar-refractivity contribution in [2.75, 3.05) is 18.2 Å². The van der Waals surface area contributed by atoms with Gasteiger partial charge >= 0.3 is 0 Å². The predicted octanol–water partition coefficient (Wildman–Crippen LogP) is 4.40. The molecular weight excluding hydrogens is 376 g/mol. The second-order valence-corrected chi connectivity index (χ2v) is 7.59. The molecule has 0 unspecified atom stereocenters. The van der Waals surface area contributed by atoms with Crippen LogP contribution in [0.3, 0.4) is 0 Å². The van der Waals surface area contributed by atoms with Crippen molar-refractivity contribution >= 4 is 17.3 Å². The molecule has 0 spiro atoms. The summed E-state index contributed by atoms with van der Waals surface area (Å²) in [5, 5.41) is 8.30. The molecule has 0 atom stereocenters. The largest absolute Gasteiger partial charge is 0.497 e. The SMILES string of the molecule is COc1ccc(-c2nn3c(N)cccc3c2-c2ccnc(NC3CCCC3)n2)cc1. The van der Waals surface area contributed by atoms with Gasteiger partial charge in [-0.3, -0.25) is 0 Å². The van der Waals surface area contributed by atoms with Crippen molar-refractivity contribution in [3.05, 3.63) is 54.7 Å². The quantitative estimate of drug-likeness (QED) is 0.516. The monoisotopic (exact) mass is 400 g/mol. The van der Waals surface area contributed by atoms with Gasteiger partial charge in [-0.1, -0.05) is 18.9 Å². The van der Waals surface area contributed by atoms with Gasteiger partial charge in [0.25, 0.3) is 0 Å². The molecule has 5 rings (SSSR count). The molecule has 152 valence electrons. The third kappa shape index (κ3) is 3.32. The number of pyridine rings is 1. The van der Waals surface area contributed by atoms with Gasteiger partial charge in [-0.05, 0) is 55.3 Å². The molecule has 0 amide bonds. The van der Waals surface area contributed by atoms with Crippen LogP contribution in [0, 0.1) is 0 Å². The molecule has 1 fully saturated rings. The average molecular weight is 400 g/mol. The first-order valence-electron chi connectivity index (χ1n) is 10.2. The summed E-state index contributed by atoms with van der Waals surface area (Å²) in [5.74, 6) is 2.03. The van der Waals surface area contributed by atoms with Crippen molar-refractivity contribution in [2.24, 2.45) is 0 Å². The van der Waals surface area contributed by atoms with Gasteiger partial charge in [-0.2, -0.15) is 5.10 Å². The molecule has 7 nitrogen and oxygen atoms in total. The predicted molar refractivity (Wildman–Crippen MR) is 118 cm³/mol. The molecule has 30 heavy (non-hydrogen) atoms. The number of nitrogen functional groups attached to an aromatic ring is 1. The molecule has 3 N–H and O–H groups in total. The first kappa shape index (κ1) is 18.4. The molecule has 1 aliphatic rings. The van der Waals surface area contributed by atoms with Crippen LogP contribution in [-0.4, -0.2) is 32.7 Å². The number of nitrogens with two attached hydrogens (primary N) is 1. The maximum absolute atomic E-state index is 6.21. The van der Waals surface area contributed by atoms with Crippen LogP contribution >= 0.6 is 0 Å². The Kier molecular flexibility index (Phi) is 4.71. The average Bonchev–Trinajstić information content (AvgIpc) is 3.42. The lowest BCUT2D eigenvalue weighted by atomic mass is 10.0. The van der Waals surface area contributed by atoms with Gasteiger partial charge in [-0.15, -0.1) is 0 Å². The van der Waals surface area contributed by atoms with Crippen molar-refractivity contribution < 1.29 is 4.74 Å². The minimum absolute atomic E-state index is 0.445. The highest BCUT2D eigenvalue weighted by Crippen LogP contribution is 2.36. The fourth-order valence-electron chi connectivity index (χ4n) is 4.11. The van der Waals surface area contributed by atoms with E-state index in [4.69, 9.17) is 20.6 Å². The number of benzene rings is 1. The van der Waals surface area contributed by atoms with Crippen LogP contribution in [-0.2, 0) is 0 Å². The first-order chi connectivity index (χ1) is 14.7. The van der Waals surface area contributed by atoms with Crippen LogP contribution in [0.25, 0.3) is 28.0 Å². The Hall–Kier alpha value is -3.61. The van der Waals surface area contributed by atoms with Gasteiger partial charge in [0, 0.05) is 17.8 Å². The van der Waals surface area contributed by atoms with E-state index in [-0.39, 0.29) is 0 Å². The molecule has 1 aromatic carbocycles. The van der Waals surface area contributed by atoms with Crippen molar-refractivity contribution in [1.29, 1.82) is 0 Å². The summed E-state index contributed by atoms with van der Waals surface area (Å²) in [6.45, 7) is 0. The summed E-state index contributed by atoms with van der Waals surface area (Å²) in [5.41, 5.74) is 10.7. The van der Waals surface area contributed by atoms with Crippen LogP contribution in [0.4, 0.5) is 11.8 Å². The van der Waals surface area contributed by atoms with E-state index in [1.54, 1.807) is 17.8 Å². The summed E-state index contributed by atoms with van der Waals surface area (Å²) in [6.07, 6.45) is 6.64. The molecular formula is C23H24N6O. The lowest BCUT2D eigenvalue weighted by molar-refractivity contribution is 0.415. The Bertz CT molecular complexity index is 1180. The molecule has 0 bridgehead atoms. The van der Waals surface area contributed by atoms with E-state index in [9.17, 15) is 0 Å². The Morgan fingerprint density at radius 1 is 1.07 bits per heavy atom. The van der Waals surface area contributed by atoms with Gasteiger partial charge in [0.2, 0.25) is 5.95 Å². The summed E-state index contributed by atoms with van der Waals surface area (Å²) in [7, 11) is 1.66. The van der Waals surface area contributed by atoms with Crippen molar-refractivity contribution in [3.63, 3.8) is 0 Å². The zero-order valence-electron chi connectivity index (χ0n) is 16.9. The Balaban J connectivity index is 1.64. The fourth-order valence-corrected chi connectivity index (χ4v) is 4.11. The van der Waals surface area contributed by atoms with Crippen LogP contribution in [0.2, 0.25) is 0 Å². The van der Waals surface area contributed by atoms with Gasteiger partial charge in [0.15, 0.2) is 0 Å². The smallest absolute Gasteiger partial charge is 0.223 e. The minimum Gasteiger partial charge on any atom is -0.497 e. The summed E-state index contributed by atoms with van der Waals surface area (Å²) in [6, 6.07) is 16.0. The molecule has 0 aliphatic heterocycles. The topological polar surface area (TPSA) is 90.4 Å². The second kappa shape index (κ2) is 7.67. The summed E-state index contributed by atoms with van der Waals surface area (Å²) in [4.78, 5) is 9.28. The number of hydrogen-bond acceptors (Lipinski definition) is 6. The second-order valence-electron chi connectivity index (χ2n) is 7.59. The normalized spacial score (nSPS) is 14.3. The lowest BCUT2D eigenvalue weighted by Crippen LogP contribution is -2.16. The first-order valence-corrected chi connectivity index (χ1v) is 10.2. The highest BCUT2D eigenvalue weighted by molar-refractivity contribution is 5.91. The number of methoxy groups -OCH3 is 1. The van der Waals surface area contributed by atoms with Gasteiger partial charge in [-0.25, -0.2) is 14.5 Å². The zero-order valence-corrected chi connectivity index (χ0v) is 16.9. The number of hydrogen-bond donors (Lipinski definition) is 2. The highest BCUT2D eigenvalue weighted by atomic mass is 16.5. The molecule has 1 aliphatic carbocycles. The standard InChI is InChI=1S/C23H24N6O/c1-30-17-11-9-15(10-12-17)22-21(19-7-4-8-20(24)29(19)28-22)18-13-14-25-23(27-18)26-16-5-2-3-6-16/h4,7-14,16H,2-3,5-6,24H2,1H3,(H,25,26,27). The van der Waals surface area contributed by atoms with E-state index in [1.807, 2.05) is 48.5 Å². The Morgan fingerprint density at radius 2 is 1.87 bits per heavy atom. The van der Waals surface area contributed by atoms with Crippen LogP contribution in [0.5, 0.6) is 5.75 Å². The summed E-state index contributed by atoms with van der Waals surface area (Å²) >= 11 is 0. The number of nitrogens with zero attached hydrogens (tertiary/aromatic N) is 4. The maximum atomic E-state index is 6.21. The zero-order chi connectivity index (χ0) is 20.5. The number of aromatic nitrogens is 4. The third-order valence-corrected chi connectivity index (χ3v) is 5.65. The van der Waals surface area contributed by atoms with E-state index in [0.29, 0.717) is 17.8 Å². The molecule has 7 heteroatoms. The molecule has 3 heterocycles. The fraction of sp³-hybridized carbons (Fsp3) is 0.261. The van der Waals surface area contributed by atoms with E-state index < -0.39 is 0 Å². The number of nitrogens with one attached hydrogen (secondary N) is 1. The molecule has 0 saturated heterocycles. The van der Waals surface area contributed by atoms with Crippen LogP contribution < -0.4 is 15.8 Å². The molecule has 1 saturated carbocycles. The van der Waals surface area contributed by atoms with Crippen molar-refractivity contribution in [1.82, 2.24) is 19.6 Å². The van der Waals surface area contributed by atoms with Crippen LogP contribution in [0.1, 0.15) is 25.7 Å². The van der Waals surface area contributed by atoms with Gasteiger partial charge in [0.1, 0.15) is 17.3 Å². The Labute approximate surface area is 174 Å². The Morgan fingerprint density at radius 3 is 2.63 bits per heavy atom. The van der Waals surface area contributed by atoms with Crippen LogP contribution in [0.15, 0.2) is 54.7 Å². The molecule has 4 aromatic rings. The minimum atomic E-state index is 0.445. The van der Waals surface area contributed by atoms with Gasteiger partial charge < -0.3 is 15.8 Å². The number of rotatable bonds is 5. The number of anilines is 2. The highest BCUT2D eigenvalue weighted by Gasteiger charge is 2.20. The van der Waals surface area contributed by atoms with Crippen molar-refractivity contribution in [3.8, 4) is 28.3 Å². The van der Waals surface area contributed by atoms with E-state index in [2.05, 4.69) is 10.3 Å². The molecule has 0 radical (unpaired) electrons. The van der Waals surface area contributed by atoms with E-state index >= 15 is 0 Å². The van der Waals surface area contributed by atoms with E-state index in [0.717, 1.165) is 46.6 Å².